The molecule has 8 nitrogen and oxygen atoms in total. The van der Waals surface area contributed by atoms with Crippen molar-refractivity contribution >= 4 is 22.4 Å². The quantitative estimate of drug-likeness (QED) is 0.300. The topological polar surface area (TPSA) is 99.9 Å². The van der Waals surface area contributed by atoms with Crippen LogP contribution in [-0.2, 0) is 6.42 Å². The molecule has 0 spiro atoms. The summed E-state index contributed by atoms with van der Waals surface area (Å²) in [7, 11) is 0. The minimum atomic E-state index is -0.546. The Bertz CT molecular complexity index is 1230. The van der Waals surface area contributed by atoms with E-state index in [0.29, 0.717) is 17.0 Å². The van der Waals surface area contributed by atoms with Gasteiger partial charge < -0.3 is 19.3 Å². The van der Waals surface area contributed by atoms with Gasteiger partial charge in [0, 0.05) is 23.6 Å². The summed E-state index contributed by atoms with van der Waals surface area (Å²) in [6.45, 7) is 2.03. The molecule has 1 aromatic carbocycles. The number of hydrogen-bond donors (Lipinski definition) is 0. The predicted molar refractivity (Wildman–Crippen MR) is 98.4 cm³/mol. The lowest BCUT2D eigenvalue weighted by atomic mass is 10.1. The molecule has 0 saturated carbocycles. The summed E-state index contributed by atoms with van der Waals surface area (Å²) in [5, 5.41) is 12.3. The summed E-state index contributed by atoms with van der Waals surface area (Å²) in [5.74, 6) is -0.102. The molecular formula is C19H15N3O5. The van der Waals surface area contributed by atoms with Crippen LogP contribution in [0.2, 0.25) is 0 Å². The van der Waals surface area contributed by atoms with E-state index in [1.54, 1.807) is 42.6 Å². The van der Waals surface area contributed by atoms with E-state index in [2.05, 4.69) is 4.98 Å². The molecule has 136 valence electrons. The van der Waals surface area contributed by atoms with E-state index in [-0.39, 0.29) is 11.7 Å². The van der Waals surface area contributed by atoms with Crippen molar-refractivity contribution in [2.24, 2.45) is 0 Å². The van der Waals surface area contributed by atoms with Crippen molar-refractivity contribution in [3.05, 3.63) is 74.8 Å². The average Bonchev–Trinajstić information content (AvgIpc) is 2.99. The van der Waals surface area contributed by atoms with Crippen LogP contribution in [0.5, 0.6) is 11.6 Å². The Morgan fingerprint density at radius 1 is 1.26 bits per heavy atom. The molecule has 0 bridgehead atoms. The van der Waals surface area contributed by atoms with Gasteiger partial charge in [-0.3, -0.25) is 0 Å². The van der Waals surface area contributed by atoms with Gasteiger partial charge in [-0.05, 0) is 35.1 Å². The maximum Gasteiger partial charge on any atom is 0.392 e. The van der Waals surface area contributed by atoms with E-state index >= 15 is 0 Å². The lowest BCUT2D eigenvalue weighted by Crippen LogP contribution is -2.01. The second-order valence-corrected chi connectivity index (χ2v) is 6.03. The van der Waals surface area contributed by atoms with E-state index in [1.165, 1.54) is 10.5 Å². The Balaban J connectivity index is 1.80. The number of ether oxygens (including phenoxy) is 1. The molecule has 0 N–H and O–H groups in total. The van der Waals surface area contributed by atoms with Gasteiger partial charge in [0.05, 0.1) is 6.20 Å². The highest BCUT2D eigenvalue weighted by atomic mass is 16.6. The molecule has 0 unspecified atom stereocenters. The van der Waals surface area contributed by atoms with Crippen molar-refractivity contribution < 1.29 is 14.1 Å². The molecular weight excluding hydrogens is 350 g/mol. The first-order valence-corrected chi connectivity index (χ1v) is 8.43. The number of nitro groups is 1. The van der Waals surface area contributed by atoms with E-state index in [1.807, 2.05) is 6.92 Å². The third kappa shape index (κ3) is 3.01. The monoisotopic (exact) mass is 365 g/mol. The molecule has 0 aliphatic heterocycles. The second kappa shape index (κ2) is 6.56. The molecule has 0 atom stereocenters. The van der Waals surface area contributed by atoms with E-state index in [0.717, 1.165) is 23.8 Å². The SMILES string of the molecule is CCCc1cc(=O)oc2cc(Oc3nc4ccccn4c3[N+](=O)[O-])ccc12. The molecule has 3 heterocycles. The standard InChI is InChI=1S/C19H15N3O5/c1-2-5-12-10-17(23)27-15-11-13(7-8-14(12)15)26-18-19(22(24)25)21-9-4-3-6-16(21)20-18/h3-4,6-11H,2,5H2,1H3. The third-order valence-corrected chi connectivity index (χ3v) is 4.18. The molecule has 3 aromatic heterocycles. The molecule has 4 aromatic rings. The highest BCUT2D eigenvalue weighted by Crippen LogP contribution is 2.33. The van der Waals surface area contributed by atoms with Gasteiger partial charge in [-0.2, -0.15) is 9.38 Å². The maximum absolute atomic E-state index is 11.8. The summed E-state index contributed by atoms with van der Waals surface area (Å²) >= 11 is 0. The van der Waals surface area contributed by atoms with Crippen LogP contribution in [0.3, 0.4) is 0 Å². The molecule has 27 heavy (non-hydrogen) atoms. The number of aromatic nitrogens is 2. The Labute approximate surface area is 152 Å². The van der Waals surface area contributed by atoms with Crippen LogP contribution in [0.1, 0.15) is 18.9 Å². The van der Waals surface area contributed by atoms with Gasteiger partial charge >= 0.3 is 17.3 Å². The first kappa shape index (κ1) is 16.8. The Morgan fingerprint density at radius 3 is 2.89 bits per heavy atom. The number of pyridine rings is 1. The van der Waals surface area contributed by atoms with Gasteiger partial charge in [0.2, 0.25) is 5.65 Å². The van der Waals surface area contributed by atoms with Crippen molar-refractivity contribution in [2.45, 2.75) is 19.8 Å². The van der Waals surface area contributed by atoms with Crippen LogP contribution in [0.4, 0.5) is 5.82 Å². The van der Waals surface area contributed by atoms with Crippen molar-refractivity contribution in [1.82, 2.24) is 9.38 Å². The van der Waals surface area contributed by atoms with Crippen molar-refractivity contribution in [1.29, 1.82) is 0 Å². The van der Waals surface area contributed by atoms with E-state index in [9.17, 15) is 14.9 Å². The molecule has 8 heteroatoms. The number of hydrogen-bond acceptors (Lipinski definition) is 6. The number of fused-ring (bicyclic) bond motifs is 2. The highest BCUT2D eigenvalue weighted by Gasteiger charge is 2.24. The predicted octanol–water partition coefficient (Wildman–Crippen LogP) is 4.09. The van der Waals surface area contributed by atoms with Crippen molar-refractivity contribution in [2.75, 3.05) is 0 Å². The second-order valence-electron chi connectivity index (χ2n) is 6.03. The van der Waals surface area contributed by atoms with Crippen LogP contribution >= 0.6 is 0 Å². The number of aryl methyl sites for hydroxylation is 1. The van der Waals surface area contributed by atoms with Gasteiger partial charge in [-0.1, -0.05) is 19.4 Å². The first-order valence-electron chi connectivity index (χ1n) is 8.43. The zero-order valence-corrected chi connectivity index (χ0v) is 14.4. The molecule has 0 fully saturated rings. The Hall–Kier alpha value is -3.68. The fourth-order valence-electron chi connectivity index (χ4n) is 3.06. The highest BCUT2D eigenvalue weighted by molar-refractivity contribution is 5.81. The van der Waals surface area contributed by atoms with Crippen LogP contribution in [0, 0.1) is 10.1 Å². The molecule has 0 aliphatic carbocycles. The zero-order chi connectivity index (χ0) is 19.0. The lowest BCUT2D eigenvalue weighted by molar-refractivity contribution is -0.391. The van der Waals surface area contributed by atoms with Crippen LogP contribution in [0.15, 0.2) is 57.9 Å². The molecule has 0 radical (unpaired) electrons. The first-order chi connectivity index (χ1) is 13.1. The van der Waals surface area contributed by atoms with E-state index < -0.39 is 10.5 Å². The maximum atomic E-state index is 11.8. The summed E-state index contributed by atoms with van der Waals surface area (Å²) in [4.78, 5) is 26.9. The lowest BCUT2D eigenvalue weighted by Gasteiger charge is -2.06. The van der Waals surface area contributed by atoms with E-state index in [4.69, 9.17) is 9.15 Å². The Morgan fingerprint density at radius 2 is 2.11 bits per heavy atom. The van der Waals surface area contributed by atoms with Crippen molar-refractivity contribution in [3.8, 4) is 11.6 Å². The fraction of sp³-hybridized carbons (Fsp3) is 0.158. The van der Waals surface area contributed by atoms with Crippen molar-refractivity contribution in [3.63, 3.8) is 0 Å². The van der Waals surface area contributed by atoms with Gasteiger partial charge in [0.25, 0.3) is 0 Å². The number of imidazole rings is 1. The van der Waals surface area contributed by atoms with Gasteiger partial charge in [0.1, 0.15) is 11.3 Å². The molecule has 0 aliphatic rings. The molecule has 0 saturated heterocycles. The normalized spacial score (nSPS) is 11.1. The minimum absolute atomic E-state index is 0.127. The van der Waals surface area contributed by atoms with Crippen LogP contribution in [-0.4, -0.2) is 14.3 Å². The Kier molecular flexibility index (Phi) is 4.08. The van der Waals surface area contributed by atoms with Gasteiger partial charge in [-0.15, -0.1) is 0 Å². The number of rotatable bonds is 5. The van der Waals surface area contributed by atoms with Crippen LogP contribution in [0.25, 0.3) is 16.6 Å². The summed E-state index contributed by atoms with van der Waals surface area (Å²) in [5.41, 5.74) is 1.22. The van der Waals surface area contributed by atoms with Gasteiger partial charge in [-0.25, -0.2) is 4.79 Å². The van der Waals surface area contributed by atoms with Gasteiger partial charge in [0.15, 0.2) is 0 Å². The molecule has 4 rings (SSSR count). The fourth-order valence-corrected chi connectivity index (χ4v) is 3.06. The smallest absolute Gasteiger partial charge is 0.392 e. The summed E-state index contributed by atoms with van der Waals surface area (Å²) < 4.78 is 12.3. The van der Waals surface area contributed by atoms with Crippen LogP contribution < -0.4 is 10.4 Å². The largest absolute Gasteiger partial charge is 0.432 e. The summed E-state index contributed by atoms with van der Waals surface area (Å²) in [6, 6.07) is 11.5. The average molecular weight is 365 g/mol. The number of nitrogens with zero attached hydrogens (tertiary/aromatic N) is 3. The third-order valence-electron chi connectivity index (χ3n) is 4.18. The summed E-state index contributed by atoms with van der Waals surface area (Å²) in [6.07, 6.45) is 3.19. The molecule has 0 amide bonds. The zero-order valence-electron chi connectivity index (χ0n) is 14.4. The minimum Gasteiger partial charge on any atom is -0.432 e. The number of benzene rings is 1.